The zero-order chi connectivity index (χ0) is 15.2. The smallest absolute Gasteiger partial charge is 0.135 e. The molecule has 1 atom stereocenters. The van der Waals surface area contributed by atoms with Crippen molar-refractivity contribution < 1.29 is 9.13 Å². The van der Waals surface area contributed by atoms with Gasteiger partial charge < -0.3 is 10.1 Å². The van der Waals surface area contributed by atoms with Crippen molar-refractivity contribution in [3.05, 3.63) is 59.4 Å². The Kier molecular flexibility index (Phi) is 5.34. The molecule has 0 aliphatic carbocycles. The summed E-state index contributed by atoms with van der Waals surface area (Å²) in [6, 6.07) is 12.8. The highest BCUT2D eigenvalue weighted by atomic mass is 19.1. The average Bonchev–Trinajstić information content (AvgIpc) is 2.49. The number of rotatable bonds is 6. The Morgan fingerprint density at radius 3 is 2.48 bits per heavy atom. The summed E-state index contributed by atoms with van der Waals surface area (Å²) in [5.41, 5.74) is 1.84. The molecular formula is C18H22FNO. The highest BCUT2D eigenvalue weighted by molar-refractivity contribution is 5.41. The van der Waals surface area contributed by atoms with Crippen LogP contribution in [0.2, 0.25) is 0 Å². The van der Waals surface area contributed by atoms with E-state index in [9.17, 15) is 4.39 Å². The largest absolute Gasteiger partial charge is 0.457 e. The van der Waals surface area contributed by atoms with Crippen LogP contribution in [0.5, 0.6) is 11.5 Å². The summed E-state index contributed by atoms with van der Waals surface area (Å²) >= 11 is 0. The molecule has 0 spiro atoms. The van der Waals surface area contributed by atoms with Crippen LogP contribution in [0.1, 0.15) is 37.4 Å². The maximum absolute atomic E-state index is 14.0. The molecule has 0 fully saturated rings. The minimum Gasteiger partial charge on any atom is -0.457 e. The van der Waals surface area contributed by atoms with E-state index in [2.05, 4.69) is 24.4 Å². The quantitative estimate of drug-likeness (QED) is 0.820. The third-order valence-electron chi connectivity index (χ3n) is 3.57. The summed E-state index contributed by atoms with van der Waals surface area (Å²) in [4.78, 5) is 0. The van der Waals surface area contributed by atoms with Gasteiger partial charge in [0.1, 0.15) is 17.3 Å². The van der Waals surface area contributed by atoms with Gasteiger partial charge in [0.25, 0.3) is 0 Å². The fourth-order valence-corrected chi connectivity index (χ4v) is 2.31. The molecule has 0 saturated carbocycles. The zero-order valence-electron chi connectivity index (χ0n) is 12.8. The summed E-state index contributed by atoms with van der Waals surface area (Å²) in [6.07, 6.45) is 2.18. The molecule has 0 amide bonds. The molecule has 0 heterocycles. The van der Waals surface area contributed by atoms with Crippen molar-refractivity contribution in [1.82, 2.24) is 5.32 Å². The molecule has 0 saturated heterocycles. The SMILES string of the molecule is CCCc1ccc(Oc2cccc(F)c2C(C)NC)cc1. The molecule has 21 heavy (non-hydrogen) atoms. The summed E-state index contributed by atoms with van der Waals surface area (Å²) < 4.78 is 19.9. The maximum atomic E-state index is 14.0. The molecule has 1 unspecified atom stereocenters. The normalized spacial score (nSPS) is 12.2. The van der Waals surface area contributed by atoms with Crippen LogP contribution >= 0.6 is 0 Å². The minimum atomic E-state index is -0.253. The number of ether oxygens (including phenoxy) is 1. The van der Waals surface area contributed by atoms with Crippen molar-refractivity contribution >= 4 is 0 Å². The first-order valence-electron chi connectivity index (χ1n) is 7.38. The average molecular weight is 287 g/mol. The number of hydrogen-bond acceptors (Lipinski definition) is 2. The van der Waals surface area contributed by atoms with E-state index >= 15 is 0 Å². The van der Waals surface area contributed by atoms with Crippen LogP contribution in [0.4, 0.5) is 4.39 Å². The lowest BCUT2D eigenvalue weighted by Crippen LogP contribution is -2.14. The Bertz CT molecular complexity index is 580. The molecule has 2 aromatic carbocycles. The van der Waals surface area contributed by atoms with Gasteiger partial charge in [-0.25, -0.2) is 4.39 Å². The van der Waals surface area contributed by atoms with E-state index in [4.69, 9.17) is 4.74 Å². The van der Waals surface area contributed by atoms with Crippen molar-refractivity contribution in [2.24, 2.45) is 0 Å². The van der Waals surface area contributed by atoms with Crippen molar-refractivity contribution in [2.75, 3.05) is 7.05 Å². The monoisotopic (exact) mass is 287 g/mol. The summed E-state index contributed by atoms with van der Waals surface area (Å²) in [5.74, 6) is 1.03. The maximum Gasteiger partial charge on any atom is 0.135 e. The van der Waals surface area contributed by atoms with E-state index in [1.807, 2.05) is 19.1 Å². The van der Waals surface area contributed by atoms with E-state index in [-0.39, 0.29) is 11.9 Å². The molecule has 2 aromatic rings. The zero-order valence-corrected chi connectivity index (χ0v) is 12.8. The Labute approximate surface area is 126 Å². The Morgan fingerprint density at radius 2 is 1.86 bits per heavy atom. The lowest BCUT2D eigenvalue weighted by atomic mass is 10.1. The predicted molar refractivity (Wildman–Crippen MR) is 84.4 cm³/mol. The Morgan fingerprint density at radius 1 is 1.14 bits per heavy atom. The van der Waals surface area contributed by atoms with Crippen LogP contribution in [-0.2, 0) is 6.42 Å². The Balaban J connectivity index is 2.24. The van der Waals surface area contributed by atoms with Gasteiger partial charge in [-0.2, -0.15) is 0 Å². The molecule has 1 N–H and O–H groups in total. The predicted octanol–water partition coefficient (Wildman–Crippen LogP) is 4.85. The first-order chi connectivity index (χ1) is 10.2. The second-order valence-corrected chi connectivity index (χ2v) is 5.16. The summed E-state index contributed by atoms with van der Waals surface area (Å²) in [6.45, 7) is 4.07. The number of halogens is 1. The standard InChI is InChI=1S/C18H22FNO/c1-4-6-14-9-11-15(12-10-14)21-17-8-5-7-16(19)18(17)13(2)20-3/h5,7-13,20H,4,6H2,1-3H3. The second-order valence-electron chi connectivity index (χ2n) is 5.16. The number of benzene rings is 2. The molecule has 0 aromatic heterocycles. The van der Waals surface area contributed by atoms with E-state index in [1.165, 1.54) is 11.6 Å². The van der Waals surface area contributed by atoms with Crippen LogP contribution in [-0.4, -0.2) is 7.05 Å². The highest BCUT2D eigenvalue weighted by Gasteiger charge is 2.15. The first kappa shape index (κ1) is 15.5. The molecule has 0 bridgehead atoms. The van der Waals surface area contributed by atoms with Gasteiger partial charge >= 0.3 is 0 Å². The minimum absolute atomic E-state index is 0.111. The number of aryl methyl sites for hydroxylation is 1. The number of nitrogens with one attached hydrogen (secondary N) is 1. The van der Waals surface area contributed by atoms with Crippen LogP contribution in [0, 0.1) is 5.82 Å². The van der Waals surface area contributed by atoms with Crippen LogP contribution in [0.3, 0.4) is 0 Å². The van der Waals surface area contributed by atoms with E-state index in [0.717, 1.165) is 18.6 Å². The van der Waals surface area contributed by atoms with Gasteiger partial charge in [-0.15, -0.1) is 0 Å². The van der Waals surface area contributed by atoms with Crippen LogP contribution < -0.4 is 10.1 Å². The van der Waals surface area contributed by atoms with Crippen LogP contribution in [0.15, 0.2) is 42.5 Å². The van der Waals surface area contributed by atoms with Gasteiger partial charge in [0, 0.05) is 11.6 Å². The van der Waals surface area contributed by atoms with E-state index < -0.39 is 0 Å². The topological polar surface area (TPSA) is 21.3 Å². The third-order valence-corrected chi connectivity index (χ3v) is 3.57. The third kappa shape index (κ3) is 3.82. The van der Waals surface area contributed by atoms with E-state index in [1.54, 1.807) is 19.2 Å². The fraction of sp³-hybridized carbons (Fsp3) is 0.333. The Hall–Kier alpha value is -1.87. The van der Waals surface area contributed by atoms with Gasteiger partial charge in [-0.1, -0.05) is 31.5 Å². The molecule has 112 valence electrons. The highest BCUT2D eigenvalue weighted by Crippen LogP contribution is 2.31. The lowest BCUT2D eigenvalue weighted by molar-refractivity contribution is 0.452. The van der Waals surface area contributed by atoms with Crippen molar-refractivity contribution in [3.8, 4) is 11.5 Å². The number of hydrogen-bond donors (Lipinski definition) is 1. The molecule has 2 rings (SSSR count). The molecular weight excluding hydrogens is 265 g/mol. The first-order valence-corrected chi connectivity index (χ1v) is 7.38. The van der Waals surface area contributed by atoms with Crippen molar-refractivity contribution in [1.29, 1.82) is 0 Å². The van der Waals surface area contributed by atoms with Crippen molar-refractivity contribution in [3.63, 3.8) is 0 Å². The molecule has 0 aliphatic rings. The molecule has 3 heteroatoms. The summed E-state index contributed by atoms with van der Waals surface area (Å²) in [7, 11) is 1.81. The van der Waals surface area contributed by atoms with Gasteiger partial charge in [-0.3, -0.25) is 0 Å². The van der Waals surface area contributed by atoms with Crippen molar-refractivity contribution in [2.45, 2.75) is 32.7 Å². The van der Waals surface area contributed by atoms with E-state index in [0.29, 0.717) is 11.3 Å². The van der Waals surface area contributed by atoms with Crippen LogP contribution in [0.25, 0.3) is 0 Å². The lowest BCUT2D eigenvalue weighted by Gasteiger charge is -2.17. The van der Waals surface area contributed by atoms with Gasteiger partial charge in [0.15, 0.2) is 0 Å². The van der Waals surface area contributed by atoms with Gasteiger partial charge in [0.2, 0.25) is 0 Å². The molecule has 0 radical (unpaired) electrons. The molecule has 2 nitrogen and oxygen atoms in total. The fourth-order valence-electron chi connectivity index (χ4n) is 2.31. The van der Waals surface area contributed by atoms with Gasteiger partial charge in [0.05, 0.1) is 0 Å². The molecule has 0 aliphatic heterocycles. The second kappa shape index (κ2) is 7.23. The van der Waals surface area contributed by atoms with Gasteiger partial charge in [-0.05, 0) is 50.2 Å². The summed E-state index contributed by atoms with van der Waals surface area (Å²) in [5, 5.41) is 3.05.